The molecule has 1 aliphatic heterocycles. The molecule has 2 aliphatic rings. The van der Waals surface area contributed by atoms with Crippen molar-refractivity contribution in [2.75, 3.05) is 11.4 Å². The van der Waals surface area contributed by atoms with Crippen molar-refractivity contribution in [2.24, 2.45) is 0 Å². The van der Waals surface area contributed by atoms with Crippen LogP contribution in [0.25, 0.3) is 22.2 Å². The molecule has 1 aromatic heterocycles. The van der Waals surface area contributed by atoms with E-state index in [9.17, 15) is 9.90 Å². The molecule has 4 heteroatoms. The number of rotatable bonds is 4. The molecule has 0 unspecified atom stereocenters. The molecule has 1 saturated carbocycles. The van der Waals surface area contributed by atoms with Gasteiger partial charge in [-0.15, -0.1) is 0 Å². The van der Waals surface area contributed by atoms with Gasteiger partial charge in [-0.2, -0.15) is 0 Å². The summed E-state index contributed by atoms with van der Waals surface area (Å²) in [6.07, 6.45) is 6.28. The minimum absolute atomic E-state index is 0.363. The summed E-state index contributed by atoms with van der Waals surface area (Å²) in [4.78, 5) is 14.3. The van der Waals surface area contributed by atoms with Crippen LogP contribution in [0.4, 0.5) is 5.69 Å². The van der Waals surface area contributed by atoms with Gasteiger partial charge in [-0.3, -0.25) is 0 Å². The van der Waals surface area contributed by atoms with E-state index in [1.807, 2.05) is 6.07 Å². The molecule has 172 valence electrons. The first kappa shape index (κ1) is 21.0. The third-order valence-electron chi connectivity index (χ3n) is 7.67. The summed E-state index contributed by atoms with van der Waals surface area (Å²) in [6, 6.07) is 25.2. The molecule has 4 aromatic rings. The lowest BCUT2D eigenvalue weighted by atomic mass is 9.81. The van der Waals surface area contributed by atoms with Crippen molar-refractivity contribution in [3.63, 3.8) is 0 Å². The van der Waals surface area contributed by atoms with Crippen molar-refractivity contribution in [3.8, 4) is 11.3 Å². The SMILES string of the molecule is O=C(O)c1ccc2c(C3CCCCC3)c3n(c2c1)CCN(Cc1ccccc1)c1ccccc1-3. The molecule has 1 fully saturated rings. The van der Waals surface area contributed by atoms with Crippen LogP contribution in [0.1, 0.15) is 59.5 Å². The fraction of sp³-hybridized carbons (Fsp3) is 0.300. The Morgan fingerprint density at radius 1 is 0.882 bits per heavy atom. The highest BCUT2D eigenvalue weighted by Crippen LogP contribution is 2.47. The number of carboxylic acids is 1. The van der Waals surface area contributed by atoms with Crippen LogP contribution in [0.15, 0.2) is 72.8 Å². The van der Waals surface area contributed by atoms with E-state index in [1.54, 1.807) is 6.07 Å². The van der Waals surface area contributed by atoms with Crippen LogP contribution in [-0.2, 0) is 13.1 Å². The van der Waals surface area contributed by atoms with Crippen molar-refractivity contribution in [1.82, 2.24) is 4.57 Å². The molecule has 1 N–H and O–H groups in total. The molecular weight excluding hydrogens is 420 g/mol. The molecule has 3 aromatic carbocycles. The van der Waals surface area contributed by atoms with Crippen molar-refractivity contribution in [2.45, 2.75) is 51.1 Å². The standard InChI is InChI=1S/C30H30N2O2/c33-30(34)23-15-16-24-27(19-23)32-18-17-31(20-21-9-3-1-4-10-21)26-14-8-7-13-25(26)29(32)28(24)22-11-5-2-6-12-22/h1,3-4,7-10,13-16,19,22H,2,5-6,11-12,17-18,20H2,(H,33,34). The number of para-hydroxylation sites is 1. The van der Waals surface area contributed by atoms with E-state index in [-0.39, 0.29) is 0 Å². The Bertz CT molecular complexity index is 1350. The second kappa shape index (κ2) is 8.68. The summed E-state index contributed by atoms with van der Waals surface area (Å²) in [5, 5.41) is 10.9. The fourth-order valence-electron chi connectivity index (χ4n) is 6.10. The van der Waals surface area contributed by atoms with Gasteiger partial charge < -0.3 is 14.6 Å². The summed E-state index contributed by atoms with van der Waals surface area (Å²) in [7, 11) is 0. The minimum atomic E-state index is -0.864. The van der Waals surface area contributed by atoms with Crippen LogP contribution in [0, 0.1) is 0 Å². The van der Waals surface area contributed by atoms with E-state index in [0.29, 0.717) is 11.5 Å². The average molecular weight is 451 g/mol. The number of carboxylic acid groups (broad SMARTS) is 1. The summed E-state index contributed by atoms with van der Waals surface area (Å²) >= 11 is 0. The van der Waals surface area contributed by atoms with E-state index in [2.05, 4.69) is 70.1 Å². The van der Waals surface area contributed by atoms with Crippen molar-refractivity contribution < 1.29 is 9.90 Å². The van der Waals surface area contributed by atoms with E-state index in [0.717, 1.165) is 25.2 Å². The molecule has 0 spiro atoms. The quantitative estimate of drug-likeness (QED) is 0.361. The first-order valence-corrected chi connectivity index (χ1v) is 12.5. The zero-order valence-electron chi connectivity index (χ0n) is 19.4. The van der Waals surface area contributed by atoms with Crippen LogP contribution in [0.3, 0.4) is 0 Å². The number of aromatic carboxylic acids is 1. The molecule has 4 nitrogen and oxygen atoms in total. The largest absolute Gasteiger partial charge is 0.478 e. The summed E-state index contributed by atoms with van der Waals surface area (Å²) in [5.41, 5.74) is 7.99. The summed E-state index contributed by atoms with van der Waals surface area (Å²) in [6.45, 7) is 2.58. The van der Waals surface area contributed by atoms with Gasteiger partial charge in [0.25, 0.3) is 0 Å². The highest BCUT2D eigenvalue weighted by atomic mass is 16.4. The summed E-state index contributed by atoms with van der Waals surface area (Å²) in [5.74, 6) is -0.340. The monoisotopic (exact) mass is 450 g/mol. The van der Waals surface area contributed by atoms with Crippen molar-refractivity contribution in [1.29, 1.82) is 0 Å². The first-order chi connectivity index (χ1) is 16.7. The lowest BCUT2D eigenvalue weighted by molar-refractivity contribution is 0.0697. The second-order valence-electron chi connectivity index (χ2n) is 9.71. The molecular formula is C30H30N2O2. The third-order valence-corrected chi connectivity index (χ3v) is 7.67. The molecule has 0 saturated heterocycles. The Kier molecular flexibility index (Phi) is 5.37. The zero-order chi connectivity index (χ0) is 23.1. The third kappa shape index (κ3) is 3.58. The van der Waals surface area contributed by atoms with Gasteiger partial charge in [-0.1, -0.05) is 73.9 Å². The Balaban J connectivity index is 1.57. The fourth-order valence-corrected chi connectivity index (χ4v) is 6.10. The Labute approximate surface area is 200 Å². The number of carbonyl (C=O) groups is 1. The maximum Gasteiger partial charge on any atom is 0.335 e. The topological polar surface area (TPSA) is 45.5 Å². The summed E-state index contributed by atoms with van der Waals surface area (Å²) < 4.78 is 2.41. The van der Waals surface area contributed by atoms with Gasteiger partial charge in [-0.05, 0) is 48.1 Å². The number of fused-ring (bicyclic) bond motifs is 5. The Morgan fingerprint density at radius 3 is 2.44 bits per heavy atom. The van der Waals surface area contributed by atoms with Crippen LogP contribution < -0.4 is 4.90 Å². The lowest BCUT2D eigenvalue weighted by Gasteiger charge is -2.26. The Morgan fingerprint density at radius 2 is 1.65 bits per heavy atom. The van der Waals surface area contributed by atoms with E-state index >= 15 is 0 Å². The van der Waals surface area contributed by atoms with E-state index < -0.39 is 5.97 Å². The lowest BCUT2D eigenvalue weighted by Crippen LogP contribution is -2.25. The van der Waals surface area contributed by atoms with Crippen molar-refractivity contribution in [3.05, 3.63) is 89.5 Å². The number of hydrogen-bond donors (Lipinski definition) is 1. The van der Waals surface area contributed by atoms with Crippen LogP contribution in [0.2, 0.25) is 0 Å². The smallest absolute Gasteiger partial charge is 0.335 e. The molecule has 6 rings (SSSR count). The van der Waals surface area contributed by atoms with Gasteiger partial charge in [0.2, 0.25) is 0 Å². The predicted molar refractivity (Wildman–Crippen MR) is 138 cm³/mol. The Hall–Kier alpha value is -3.53. The van der Waals surface area contributed by atoms with E-state index in [1.165, 1.54) is 65.6 Å². The maximum atomic E-state index is 11.8. The first-order valence-electron chi connectivity index (χ1n) is 12.5. The van der Waals surface area contributed by atoms with Gasteiger partial charge in [0.15, 0.2) is 0 Å². The maximum absolute atomic E-state index is 11.8. The molecule has 0 amide bonds. The highest BCUT2D eigenvalue weighted by molar-refractivity contribution is 5.99. The van der Waals surface area contributed by atoms with Gasteiger partial charge in [0.1, 0.15) is 0 Å². The predicted octanol–water partition coefficient (Wildman–Crippen LogP) is 7.07. The normalized spacial score (nSPS) is 16.2. The van der Waals surface area contributed by atoms with Crippen LogP contribution in [0.5, 0.6) is 0 Å². The molecule has 0 atom stereocenters. The number of hydrogen-bond acceptors (Lipinski definition) is 2. The number of benzene rings is 3. The molecule has 1 aliphatic carbocycles. The van der Waals surface area contributed by atoms with Gasteiger partial charge >= 0.3 is 5.97 Å². The van der Waals surface area contributed by atoms with Crippen LogP contribution in [-0.4, -0.2) is 22.2 Å². The van der Waals surface area contributed by atoms with Gasteiger partial charge in [0, 0.05) is 41.8 Å². The second-order valence-corrected chi connectivity index (χ2v) is 9.71. The zero-order valence-corrected chi connectivity index (χ0v) is 19.4. The minimum Gasteiger partial charge on any atom is -0.478 e. The molecule has 0 radical (unpaired) electrons. The molecule has 0 bridgehead atoms. The van der Waals surface area contributed by atoms with E-state index in [4.69, 9.17) is 0 Å². The van der Waals surface area contributed by atoms with Gasteiger partial charge in [0.05, 0.1) is 11.3 Å². The molecule has 34 heavy (non-hydrogen) atoms. The number of nitrogens with zero attached hydrogens (tertiary/aromatic N) is 2. The molecule has 2 heterocycles. The van der Waals surface area contributed by atoms with Crippen LogP contribution >= 0.6 is 0 Å². The highest BCUT2D eigenvalue weighted by Gasteiger charge is 2.30. The number of aromatic nitrogens is 1. The number of anilines is 1. The average Bonchev–Trinajstić information content (AvgIpc) is 3.12. The van der Waals surface area contributed by atoms with Gasteiger partial charge in [-0.25, -0.2) is 4.79 Å². The van der Waals surface area contributed by atoms with Crippen molar-refractivity contribution >= 4 is 22.6 Å².